The largest absolute Gasteiger partial charge is 0.422 e. The first-order valence-corrected chi connectivity index (χ1v) is 12.1. The van der Waals surface area contributed by atoms with Gasteiger partial charge in [-0.05, 0) is 79.6 Å². The topological polar surface area (TPSA) is 92.8 Å². The lowest BCUT2D eigenvalue weighted by atomic mass is 9.93. The van der Waals surface area contributed by atoms with Crippen molar-refractivity contribution in [3.63, 3.8) is 0 Å². The molecule has 0 radical (unpaired) electrons. The maximum Gasteiger partial charge on any atom is 0.343 e. The van der Waals surface area contributed by atoms with Crippen molar-refractivity contribution in [3.8, 4) is 5.75 Å². The molecule has 2 bridgehead atoms. The fraction of sp³-hybridized carbons (Fsp3) is 0.280. The maximum atomic E-state index is 13.3. The number of esters is 1. The first-order chi connectivity index (χ1) is 16.3. The summed E-state index contributed by atoms with van der Waals surface area (Å²) < 4.78 is 6.22. The van der Waals surface area contributed by atoms with Gasteiger partial charge in [-0.25, -0.2) is 9.59 Å². The number of fused-ring (bicyclic) bond motifs is 2. The highest BCUT2D eigenvalue weighted by Gasteiger charge is 2.49. The van der Waals surface area contributed by atoms with E-state index in [1.54, 1.807) is 42.5 Å². The molecule has 2 aromatic carbocycles. The summed E-state index contributed by atoms with van der Waals surface area (Å²) in [4.78, 5) is 52.4. The standard InChI is InChI=1S/C25H20BrClN2O5/c26-17-5-8-21(34-24(32)14-3-6-18(27)7-4-14)16(11-17)12-19-22(30)28-25(33)29(23(19)31)20-10-13-1-2-15(20)9-13/h3-8,11-13,15,20H,1-2,9-10H2,(H,28,30,33)/b19-12-/t13-,15-,20-/m0/s1. The molecule has 0 spiro atoms. The van der Waals surface area contributed by atoms with Crippen molar-refractivity contribution in [2.45, 2.75) is 31.7 Å². The minimum Gasteiger partial charge on any atom is -0.422 e. The van der Waals surface area contributed by atoms with E-state index < -0.39 is 23.8 Å². The second-order valence-corrected chi connectivity index (χ2v) is 10.2. The number of nitrogens with one attached hydrogen (secondary N) is 1. The highest BCUT2D eigenvalue weighted by Crippen LogP contribution is 2.47. The van der Waals surface area contributed by atoms with Gasteiger partial charge < -0.3 is 4.74 Å². The third-order valence-corrected chi connectivity index (χ3v) is 7.46. The normalized spacial score (nSPS) is 25.1. The number of carbonyl (C=O) groups is 4. The van der Waals surface area contributed by atoms with Gasteiger partial charge in [0.15, 0.2) is 0 Å². The number of hydrogen-bond donors (Lipinski definition) is 1. The number of amides is 4. The Labute approximate surface area is 209 Å². The van der Waals surface area contributed by atoms with E-state index in [1.165, 1.54) is 11.0 Å². The third kappa shape index (κ3) is 4.28. The molecule has 1 aliphatic heterocycles. The molecule has 3 fully saturated rings. The molecule has 2 saturated carbocycles. The smallest absolute Gasteiger partial charge is 0.343 e. The number of rotatable bonds is 4. The van der Waals surface area contributed by atoms with E-state index in [1.807, 2.05) is 0 Å². The van der Waals surface area contributed by atoms with Crippen LogP contribution in [0.15, 0.2) is 52.5 Å². The van der Waals surface area contributed by atoms with E-state index in [0.29, 0.717) is 26.5 Å². The van der Waals surface area contributed by atoms with E-state index in [4.69, 9.17) is 16.3 Å². The Kier molecular flexibility index (Phi) is 6.04. The van der Waals surface area contributed by atoms with Gasteiger partial charge in [0, 0.05) is 21.1 Å². The fourth-order valence-electron chi connectivity index (χ4n) is 5.13. The molecule has 174 valence electrons. The number of carbonyl (C=O) groups excluding carboxylic acids is 4. The first kappa shape index (κ1) is 22.8. The Balaban J connectivity index is 1.45. The zero-order chi connectivity index (χ0) is 24.0. The average molecular weight is 544 g/mol. The predicted octanol–water partition coefficient (Wildman–Crippen LogP) is 4.97. The number of imide groups is 2. The van der Waals surface area contributed by atoms with Crippen LogP contribution in [0.2, 0.25) is 5.02 Å². The van der Waals surface area contributed by atoms with Crippen LogP contribution in [0.25, 0.3) is 6.08 Å². The summed E-state index contributed by atoms with van der Waals surface area (Å²) in [5.41, 5.74) is 0.465. The van der Waals surface area contributed by atoms with Crippen molar-refractivity contribution in [3.05, 3.63) is 68.7 Å². The van der Waals surface area contributed by atoms with Gasteiger partial charge >= 0.3 is 12.0 Å². The lowest BCUT2D eigenvalue weighted by Gasteiger charge is -2.35. The van der Waals surface area contributed by atoms with Gasteiger partial charge in [-0.3, -0.25) is 19.8 Å². The Morgan fingerprint density at radius 3 is 2.53 bits per heavy atom. The van der Waals surface area contributed by atoms with Crippen LogP contribution in [-0.4, -0.2) is 34.8 Å². The number of halogens is 2. The summed E-state index contributed by atoms with van der Waals surface area (Å²) in [7, 11) is 0. The summed E-state index contributed by atoms with van der Waals surface area (Å²) in [6.07, 6.45) is 5.24. The molecule has 2 aliphatic carbocycles. The highest BCUT2D eigenvalue weighted by atomic mass is 79.9. The molecule has 9 heteroatoms. The minimum absolute atomic E-state index is 0.166. The monoisotopic (exact) mass is 542 g/mol. The number of ether oxygens (including phenoxy) is 1. The summed E-state index contributed by atoms with van der Waals surface area (Å²) in [6, 6.07) is 10.2. The molecule has 0 aromatic heterocycles. The lowest BCUT2D eigenvalue weighted by molar-refractivity contribution is -0.132. The molecule has 3 aliphatic rings. The summed E-state index contributed by atoms with van der Waals surface area (Å²) in [6.45, 7) is 0. The summed E-state index contributed by atoms with van der Waals surface area (Å²) in [5, 5.41) is 2.79. The van der Waals surface area contributed by atoms with Crippen molar-refractivity contribution < 1.29 is 23.9 Å². The molecule has 1 heterocycles. The number of hydrogen-bond acceptors (Lipinski definition) is 5. The van der Waals surface area contributed by atoms with Gasteiger partial charge in [-0.15, -0.1) is 0 Å². The molecule has 2 aromatic rings. The van der Waals surface area contributed by atoms with E-state index in [9.17, 15) is 19.2 Å². The van der Waals surface area contributed by atoms with Gasteiger partial charge in [0.1, 0.15) is 11.3 Å². The molecule has 4 amide bonds. The van der Waals surface area contributed by atoms with E-state index >= 15 is 0 Å². The Morgan fingerprint density at radius 1 is 1.09 bits per heavy atom. The number of benzene rings is 2. The molecule has 5 rings (SSSR count). The molecule has 0 unspecified atom stereocenters. The first-order valence-electron chi connectivity index (χ1n) is 11.0. The highest BCUT2D eigenvalue weighted by molar-refractivity contribution is 9.10. The Hall–Kier alpha value is -2.97. The second kappa shape index (κ2) is 9.00. The van der Waals surface area contributed by atoms with Crippen molar-refractivity contribution in [1.29, 1.82) is 0 Å². The molecular weight excluding hydrogens is 524 g/mol. The second-order valence-electron chi connectivity index (χ2n) is 8.81. The maximum absolute atomic E-state index is 13.3. The Morgan fingerprint density at radius 2 is 1.85 bits per heavy atom. The lowest BCUT2D eigenvalue weighted by Crippen LogP contribution is -2.58. The summed E-state index contributed by atoms with van der Waals surface area (Å²) in [5.74, 6) is -1.05. The summed E-state index contributed by atoms with van der Waals surface area (Å²) >= 11 is 9.26. The van der Waals surface area contributed by atoms with Gasteiger partial charge in [-0.1, -0.05) is 34.0 Å². The Bertz CT molecular complexity index is 1240. The van der Waals surface area contributed by atoms with Crippen LogP contribution < -0.4 is 10.1 Å². The van der Waals surface area contributed by atoms with Crippen molar-refractivity contribution in [2.75, 3.05) is 0 Å². The van der Waals surface area contributed by atoms with Gasteiger partial charge in [0.25, 0.3) is 11.8 Å². The van der Waals surface area contributed by atoms with Gasteiger partial charge in [0.05, 0.1) is 5.56 Å². The quantitative estimate of drug-likeness (QED) is 0.254. The van der Waals surface area contributed by atoms with E-state index in [2.05, 4.69) is 21.2 Å². The minimum atomic E-state index is -0.774. The SMILES string of the molecule is O=C1NC(=O)N([C@H]2C[C@H]3CC[C@H]2C3)C(=O)/C1=C\c1cc(Br)ccc1OC(=O)c1ccc(Cl)cc1. The van der Waals surface area contributed by atoms with Gasteiger partial charge in [0.2, 0.25) is 0 Å². The average Bonchev–Trinajstić information content (AvgIpc) is 3.42. The van der Waals surface area contributed by atoms with Crippen LogP contribution >= 0.6 is 27.5 Å². The van der Waals surface area contributed by atoms with Crippen LogP contribution in [0.5, 0.6) is 5.75 Å². The zero-order valence-corrected chi connectivity index (χ0v) is 20.3. The zero-order valence-electron chi connectivity index (χ0n) is 17.9. The van der Waals surface area contributed by atoms with Crippen LogP contribution in [0.4, 0.5) is 4.79 Å². The van der Waals surface area contributed by atoms with Crippen LogP contribution in [-0.2, 0) is 9.59 Å². The van der Waals surface area contributed by atoms with Crippen molar-refractivity contribution >= 4 is 57.4 Å². The van der Waals surface area contributed by atoms with Crippen molar-refractivity contribution in [1.82, 2.24) is 10.2 Å². The van der Waals surface area contributed by atoms with Crippen molar-refractivity contribution in [2.24, 2.45) is 11.8 Å². The molecule has 34 heavy (non-hydrogen) atoms. The van der Waals surface area contributed by atoms with Crippen LogP contribution in [0, 0.1) is 11.8 Å². The number of nitrogens with zero attached hydrogens (tertiary/aromatic N) is 1. The molecule has 7 nitrogen and oxygen atoms in total. The van der Waals surface area contributed by atoms with E-state index in [-0.39, 0.29) is 23.3 Å². The van der Waals surface area contributed by atoms with Crippen LogP contribution in [0.1, 0.15) is 41.6 Å². The number of urea groups is 1. The molecule has 1 saturated heterocycles. The van der Waals surface area contributed by atoms with E-state index in [0.717, 1.165) is 25.7 Å². The fourth-order valence-corrected chi connectivity index (χ4v) is 5.63. The van der Waals surface area contributed by atoms with Gasteiger partial charge in [-0.2, -0.15) is 0 Å². The molecule has 3 atom stereocenters. The number of barbiturate groups is 1. The molecule has 1 N–H and O–H groups in total. The molecular formula is C25H20BrClN2O5. The van der Waals surface area contributed by atoms with Crippen LogP contribution in [0.3, 0.4) is 0 Å². The predicted molar refractivity (Wildman–Crippen MR) is 128 cm³/mol. The third-order valence-electron chi connectivity index (χ3n) is 6.72.